The molecule has 3 nitrogen and oxygen atoms in total. The lowest BCUT2D eigenvalue weighted by atomic mass is 9.95. The number of nitrogens with zero attached hydrogens (tertiary/aromatic N) is 1. The predicted molar refractivity (Wildman–Crippen MR) is 71.4 cm³/mol. The number of aromatic nitrogens is 1. The second-order valence-electron chi connectivity index (χ2n) is 6.01. The fraction of sp³-hybridized carbons (Fsp3) is 0.769. The van der Waals surface area contributed by atoms with Gasteiger partial charge in [0.1, 0.15) is 10.8 Å². The first-order valence-electron chi connectivity index (χ1n) is 6.83. The van der Waals surface area contributed by atoms with Crippen molar-refractivity contribution in [1.82, 2.24) is 4.37 Å². The molecule has 0 spiro atoms. The second-order valence-corrected chi connectivity index (χ2v) is 6.78. The van der Waals surface area contributed by atoms with Gasteiger partial charge in [0.2, 0.25) is 0 Å². The molecule has 0 amide bonds. The van der Waals surface area contributed by atoms with Crippen molar-refractivity contribution >= 4 is 22.4 Å². The van der Waals surface area contributed by atoms with Crippen LogP contribution in [0.4, 0.5) is 10.8 Å². The van der Waals surface area contributed by atoms with E-state index in [1.165, 1.54) is 49.1 Å². The molecule has 3 atom stereocenters. The van der Waals surface area contributed by atoms with Crippen molar-refractivity contribution in [2.75, 3.05) is 11.1 Å². The monoisotopic (exact) mass is 249 g/mol. The summed E-state index contributed by atoms with van der Waals surface area (Å²) < 4.78 is 4.34. The minimum absolute atomic E-state index is 0.700. The molecule has 0 aromatic carbocycles. The summed E-state index contributed by atoms with van der Waals surface area (Å²) in [5.74, 6) is 3.39. The Morgan fingerprint density at radius 3 is 2.71 bits per heavy atom. The van der Waals surface area contributed by atoms with Crippen molar-refractivity contribution in [1.29, 1.82) is 0 Å². The predicted octanol–water partition coefficient (Wildman–Crippen LogP) is 3.20. The normalized spacial score (nSPS) is 35.4. The van der Waals surface area contributed by atoms with Crippen LogP contribution in [0.2, 0.25) is 0 Å². The third-order valence-corrected chi connectivity index (χ3v) is 5.60. The molecule has 0 saturated heterocycles. The number of hydrogen-bond acceptors (Lipinski definition) is 4. The molecule has 3 saturated carbocycles. The van der Waals surface area contributed by atoms with Crippen LogP contribution < -0.4 is 11.1 Å². The Hall–Kier alpha value is -0.770. The Balaban J connectivity index is 1.55. The van der Waals surface area contributed by atoms with Crippen LogP contribution in [0.25, 0.3) is 0 Å². The van der Waals surface area contributed by atoms with E-state index in [0.717, 1.165) is 17.7 Å². The van der Waals surface area contributed by atoms with E-state index in [2.05, 4.69) is 9.69 Å². The molecule has 0 aliphatic heterocycles. The zero-order chi connectivity index (χ0) is 11.4. The Labute approximate surface area is 106 Å². The fourth-order valence-corrected chi connectivity index (χ4v) is 4.63. The third-order valence-electron chi connectivity index (χ3n) is 4.80. The Bertz CT molecular complexity index is 438. The van der Waals surface area contributed by atoms with E-state index in [4.69, 9.17) is 5.73 Å². The number of rotatable bonds is 3. The topological polar surface area (TPSA) is 50.9 Å². The molecule has 1 aromatic rings. The van der Waals surface area contributed by atoms with Crippen LogP contribution in [0.3, 0.4) is 0 Å². The number of fused-ring (bicyclic) bond motifs is 2. The van der Waals surface area contributed by atoms with Gasteiger partial charge in [0.25, 0.3) is 0 Å². The van der Waals surface area contributed by atoms with Gasteiger partial charge in [-0.25, -0.2) is 0 Å². The molecule has 1 aromatic heterocycles. The highest BCUT2D eigenvalue weighted by Gasteiger charge is 2.40. The number of anilines is 2. The van der Waals surface area contributed by atoms with Crippen molar-refractivity contribution in [3.05, 3.63) is 5.56 Å². The fourth-order valence-electron chi connectivity index (χ4n) is 3.77. The standard InChI is InChI=1S/C13H19N3S/c14-12-11(8-3-4-8)13(17-16-12)15-10-6-7-1-2-9(10)5-7/h7-10,15H,1-6H2,(H2,14,16). The molecule has 4 rings (SSSR count). The van der Waals surface area contributed by atoms with Crippen molar-refractivity contribution < 1.29 is 0 Å². The minimum atomic E-state index is 0.700. The summed E-state index contributed by atoms with van der Waals surface area (Å²) in [6.45, 7) is 0. The lowest BCUT2D eigenvalue weighted by Gasteiger charge is -2.23. The van der Waals surface area contributed by atoms with Gasteiger partial charge in [-0.15, -0.1) is 0 Å². The van der Waals surface area contributed by atoms with Gasteiger partial charge >= 0.3 is 0 Å². The number of nitrogens with one attached hydrogen (secondary N) is 1. The SMILES string of the molecule is Nc1nsc(NC2CC3CCC2C3)c1C1CC1. The smallest absolute Gasteiger partial charge is 0.142 e. The zero-order valence-electron chi connectivity index (χ0n) is 9.98. The van der Waals surface area contributed by atoms with E-state index >= 15 is 0 Å². The molecule has 1 heterocycles. The average molecular weight is 249 g/mol. The van der Waals surface area contributed by atoms with Gasteiger partial charge < -0.3 is 11.1 Å². The summed E-state index contributed by atoms with van der Waals surface area (Å²) in [6.07, 6.45) is 8.30. The van der Waals surface area contributed by atoms with E-state index in [1.54, 1.807) is 11.5 Å². The lowest BCUT2D eigenvalue weighted by Crippen LogP contribution is -2.25. The van der Waals surface area contributed by atoms with Crippen LogP contribution in [-0.4, -0.2) is 10.4 Å². The lowest BCUT2D eigenvalue weighted by molar-refractivity contribution is 0.440. The highest BCUT2D eigenvalue weighted by Crippen LogP contribution is 2.50. The summed E-state index contributed by atoms with van der Waals surface area (Å²) in [7, 11) is 0. The molecule has 3 aliphatic carbocycles. The Morgan fingerprint density at radius 2 is 2.06 bits per heavy atom. The molecule has 3 N–H and O–H groups in total. The first kappa shape index (κ1) is 10.2. The molecule has 17 heavy (non-hydrogen) atoms. The van der Waals surface area contributed by atoms with Crippen molar-refractivity contribution in [3.63, 3.8) is 0 Å². The largest absolute Gasteiger partial charge is 0.383 e. The van der Waals surface area contributed by atoms with Crippen molar-refractivity contribution in [2.24, 2.45) is 11.8 Å². The maximum Gasteiger partial charge on any atom is 0.142 e. The summed E-state index contributed by atoms with van der Waals surface area (Å²) in [6, 6.07) is 0.700. The average Bonchev–Trinajstić information content (AvgIpc) is 2.78. The molecule has 92 valence electrons. The van der Waals surface area contributed by atoms with Crippen LogP contribution in [0, 0.1) is 11.8 Å². The van der Waals surface area contributed by atoms with Gasteiger partial charge in [0, 0.05) is 11.6 Å². The molecule has 4 heteroatoms. The number of nitrogen functional groups attached to an aromatic ring is 1. The van der Waals surface area contributed by atoms with Crippen LogP contribution >= 0.6 is 11.5 Å². The first-order chi connectivity index (χ1) is 8.31. The number of hydrogen-bond donors (Lipinski definition) is 2. The van der Waals surface area contributed by atoms with Gasteiger partial charge in [-0.1, -0.05) is 6.42 Å². The van der Waals surface area contributed by atoms with E-state index in [-0.39, 0.29) is 0 Å². The quantitative estimate of drug-likeness (QED) is 0.865. The van der Waals surface area contributed by atoms with E-state index in [0.29, 0.717) is 12.0 Å². The maximum atomic E-state index is 5.99. The summed E-state index contributed by atoms with van der Waals surface area (Å²) in [5.41, 5.74) is 7.32. The molecule has 3 aliphatic rings. The van der Waals surface area contributed by atoms with Crippen molar-refractivity contribution in [3.8, 4) is 0 Å². The molecule has 0 radical (unpaired) electrons. The minimum Gasteiger partial charge on any atom is -0.383 e. The third kappa shape index (κ3) is 1.65. The zero-order valence-corrected chi connectivity index (χ0v) is 10.8. The second kappa shape index (κ2) is 3.61. The van der Waals surface area contributed by atoms with Gasteiger partial charge in [0.15, 0.2) is 0 Å². The van der Waals surface area contributed by atoms with Crippen LogP contribution in [-0.2, 0) is 0 Å². The van der Waals surface area contributed by atoms with Crippen LogP contribution in [0.1, 0.15) is 50.0 Å². The van der Waals surface area contributed by atoms with Gasteiger partial charge in [-0.2, -0.15) is 4.37 Å². The summed E-state index contributed by atoms with van der Waals surface area (Å²) in [4.78, 5) is 0. The van der Waals surface area contributed by atoms with Crippen LogP contribution in [0.5, 0.6) is 0 Å². The maximum absolute atomic E-state index is 5.99. The summed E-state index contributed by atoms with van der Waals surface area (Å²) >= 11 is 1.57. The number of nitrogens with two attached hydrogens (primary N) is 1. The van der Waals surface area contributed by atoms with E-state index < -0.39 is 0 Å². The Morgan fingerprint density at radius 1 is 1.18 bits per heavy atom. The van der Waals surface area contributed by atoms with Crippen molar-refractivity contribution in [2.45, 2.75) is 50.5 Å². The summed E-state index contributed by atoms with van der Waals surface area (Å²) in [5, 5.41) is 5.04. The molecule has 2 bridgehead atoms. The highest BCUT2D eigenvalue weighted by molar-refractivity contribution is 7.10. The first-order valence-corrected chi connectivity index (χ1v) is 7.60. The van der Waals surface area contributed by atoms with E-state index in [1.807, 2.05) is 0 Å². The molecule has 3 fully saturated rings. The highest BCUT2D eigenvalue weighted by atomic mass is 32.1. The van der Waals surface area contributed by atoms with Crippen LogP contribution in [0.15, 0.2) is 0 Å². The molecule has 3 unspecified atom stereocenters. The Kier molecular flexibility index (Phi) is 2.16. The van der Waals surface area contributed by atoms with Gasteiger partial charge in [-0.3, -0.25) is 0 Å². The van der Waals surface area contributed by atoms with E-state index in [9.17, 15) is 0 Å². The molecular weight excluding hydrogens is 230 g/mol. The molecular formula is C13H19N3S. The van der Waals surface area contributed by atoms with Gasteiger partial charge in [-0.05, 0) is 61.4 Å². The van der Waals surface area contributed by atoms with Gasteiger partial charge in [0.05, 0.1) is 0 Å².